The Labute approximate surface area is 208 Å². The average molecular weight is 479 g/mol. The van der Waals surface area contributed by atoms with Crippen molar-refractivity contribution in [1.82, 2.24) is 24.7 Å². The lowest BCUT2D eigenvalue weighted by Crippen LogP contribution is -2.24. The van der Waals surface area contributed by atoms with Crippen LogP contribution in [-0.4, -0.2) is 36.5 Å². The maximum Gasteiger partial charge on any atom is 0.223 e. The second-order valence-corrected chi connectivity index (χ2v) is 9.30. The molecular weight excluding hydrogens is 452 g/mol. The number of para-hydroxylation sites is 1. The first-order chi connectivity index (χ1) is 17.5. The molecule has 1 fully saturated rings. The number of aromatic nitrogens is 5. The Hall–Kier alpha value is -4.33. The van der Waals surface area contributed by atoms with Crippen molar-refractivity contribution in [2.45, 2.75) is 46.1 Å². The van der Waals surface area contributed by atoms with Gasteiger partial charge in [-0.2, -0.15) is 0 Å². The van der Waals surface area contributed by atoms with Crippen LogP contribution < -0.4 is 5.32 Å². The molecule has 1 aliphatic carbocycles. The molecule has 0 unspecified atom stereocenters. The van der Waals surface area contributed by atoms with Crippen molar-refractivity contribution >= 4 is 22.8 Å². The molecule has 4 aromatic heterocycles. The molecule has 8 heteroatoms. The molecule has 5 aromatic rings. The summed E-state index contributed by atoms with van der Waals surface area (Å²) in [6.45, 7) is 5.82. The lowest BCUT2D eigenvalue weighted by Gasteiger charge is -2.12. The number of pyridine rings is 1. The molecule has 0 saturated heterocycles. The largest absolute Gasteiger partial charge is 0.361 e. The number of rotatable bonds is 5. The zero-order valence-corrected chi connectivity index (χ0v) is 20.4. The smallest absolute Gasteiger partial charge is 0.223 e. The zero-order valence-electron chi connectivity index (χ0n) is 20.4. The highest BCUT2D eigenvalue weighted by molar-refractivity contribution is 5.96. The van der Waals surface area contributed by atoms with Crippen molar-refractivity contribution in [3.63, 3.8) is 0 Å². The molecule has 4 heterocycles. The van der Waals surface area contributed by atoms with Gasteiger partial charge in [0.15, 0.2) is 5.78 Å². The number of anilines is 1. The fourth-order valence-corrected chi connectivity index (χ4v) is 4.97. The maximum atomic E-state index is 12.2. The Balaban J connectivity index is 1.52. The van der Waals surface area contributed by atoms with Gasteiger partial charge in [0.1, 0.15) is 11.4 Å². The van der Waals surface area contributed by atoms with Crippen molar-refractivity contribution in [2.24, 2.45) is 0 Å². The van der Waals surface area contributed by atoms with Gasteiger partial charge in [-0.3, -0.25) is 4.79 Å². The van der Waals surface area contributed by atoms with E-state index in [-0.39, 0.29) is 11.8 Å². The number of hydrogen-bond donors (Lipinski definition) is 1. The molecule has 0 amide bonds. The summed E-state index contributed by atoms with van der Waals surface area (Å²) >= 11 is 0. The number of ketones is 1. The summed E-state index contributed by atoms with van der Waals surface area (Å²) < 4.78 is 7.48. The second-order valence-electron chi connectivity index (χ2n) is 9.30. The van der Waals surface area contributed by atoms with Gasteiger partial charge in [0.25, 0.3) is 0 Å². The maximum absolute atomic E-state index is 12.2. The van der Waals surface area contributed by atoms with Gasteiger partial charge in [0.2, 0.25) is 5.95 Å². The van der Waals surface area contributed by atoms with Crippen LogP contribution in [0.4, 0.5) is 5.95 Å². The number of aryl methyl sites for hydroxylation is 3. The highest BCUT2D eigenvalue weighted by Crippen LogP contribution is 2.35. The third-order valence-electron chi connectivity index (χ3n) is 6.81. The zero-order chi connectivity index (χ0) is 24.8. The average Bonchev–Trinajstić information content (AvgIpc) is 3.57. The van der Waals surface area contributed by atoms with E-state index < -0.39 is 0 Å². The minimum absolute atomic E-state index is 0.217. The van der Waals surface area contributed by atoms with Crippen LogP contribution in [0.1, 0.15) is 36.3 Å². The fraction of sp³-hybridized carbons (Fsp3) is 0.250. The number of hydrogen-bond acceptors (Lipinski definition) is 7. The van der Waals surface area contributed by atoms with Crippen molar-refractivity contribution in [3.05, 3.63) is 71.9 Å². The van der Waals surface area contributed by atoms with Gasteiger partial charge in [-0.15, -0.1) is 0 Å². The van der Waals surface area contributed by atoms with Gasteiger partial charge >= 0.3 is 0 Å². The third-order valence-corrected chi connectivity index (χ3v) is 6.81. The molecule has 1 N–H and O–H groups in total. The number of nitrogens with one attached hydrogen (secondary N) is 1. The molecule has 8 nitrogen and oxygen atoms in total. The van der Waals surface area contributed by atoms with Crippen LogP contribution in [0.15, 0.2) is 59.4 Å². The summed E-state index contributed by atoms with van der Waals surface area (Å²) in [5, 5.41) is 8.32. The minimum atomic E-state index is -0.217. The van der Waals surface area contributed by atoms with Crippen LogP contribution in [0.2, 0.25) is 0 Å². The van der Waals surface area contributed by atoms with Gasteiger partial charge in [0.05, 0.1) is 28.7 Å². The molecule has 0 spiro atoms. The van der Waals surface area contributed by atoms with Crippen molar-refractivity contribution in [1.29, 1.82) is 0 Å². The van der Waals surface area contributed by atoms with E-state index in [1.54, 1.807) is 6.20 Å². The number of carbonyl (C=O) groups excluding carboxylic acids is 1. The van der Waals surface area contributed by atoms with Crippen LogP contribution in [0, 0.1) is 20.8 Å². The summed E-state index contributed by atoms with van der Waals surface area (Å²) in [6.07, 6.45) is 6.21. The number of nitrogens with zero attached hydrogens (tertiary/aromatic N) is 5. The highest BCUT2D eigenvalue weighted by atomic mass is 16.5. The molecule has 180 valence electrons. The number of benzene rings is 1. The molecular formula is C28H26N6O2. The molecule has 36 heavy (non-hydrogen) atoms. The van der Waals surface area contributed by atoms with E-state index in [2.05, 4.69) is 44.4 Å². The lowest BCUT2D eigenvalue weighted by molar-refractivity contribution is -0.118. The Morgan fingerprint density at radius 2 is 1.89 bits per heavy atom. The van der Waals surface area contributed by atoms with Gasteiger partial charge in [-0.25, -0.2) is 15.0 Å². The van der Waals surface area contributed by atoms with E-state index in [1.807, 2.05) is 45.0 Å². The molecule has 0 aliphatic heterocycles. The van der Waals surface area contributed by atoms with E-state index in [9.17, 15) is 4.79 Å². The normalized spacial score (nSPS) is 15.6. The number of fused-ring (bicyclic) bond motifs is 1. The van der Waals surface area contributed by atoms with Gasteiger partial charge in [-0.1, -0.05) is 23.4 Å². The standard InChI is InChI=1S/C28H26N6O2/c1-16-14-29-28(31-22-10-7-11-24(22)35)32-26(16)21-15-34(19-8-5-4-6-9-19)27-20(21)12-13-23(30-27)25-17(2)33-36-18(25)3/h4-6,8-9,12-15,22H,7,10-11H2,1-3H3,(H,29,31,32)/t22-/m0/s1. The van der Waals surface area contributed by atoms with Crippen molar-refractivity contribution in [2.75, 3.05) is 5.32 Å². The predicted octanol–water partition coefficient (Wildman–Crippen LogP) is 5.60. The summed E-state index contributed by atoms with van der Waals surface area (Å²) in [6, 6.07) is 14.0. The summed E-state index contributed by atoms with van der Waals surface area (Å²) in [5.74, 6) is 1.43. The lowest BCUT2D eigenvalue weighted by atomic mass is 10.1. The Morgan fingerprint density at radius 1 is 1.06 bits per heavy atom. The van der Waals surface area contributed by atoms with E-state index in [1.165, 1.54) is 0 Å². The van der Waals surface area contributed by atoms with Crippen LogP contribution in [-0.2, 0) is 4.79 Å². The molecule has 6 rings (SSSR count). The first-order valence-corrected chi connectivity index (χ1v) is 12.1. The van der Waals surface area contributed by atoms with Crippen LogP contribution in [0.5, 0.6) is 0 Å². The number of carbonyl (C=O) groups is 1. The molecule has 1 aromatic carbocycles. The van der Waals surface area contributed by atoms with Crippen molar-refractivity contribution in [3.8, 4) is 28.2 Å². The SMILES string of the molecule is Cc1cnc(N[C@H]2CCCC2=O)nc1-c1cn(-c2ccccc2)c2nc(-c3c(C)noc3C)ccc12. The monoisotopic (exact) mass is 478 g/mol. The van der Waals surface area contributed by atoms with E-state index >= 15 is 0 Å². The Kier molecular flexibility index (Phi) is 5.36. The second kappa shape index (κ2) is 8.71. The minimum Gasteiger partial charge on any atom is -0.361 e. The summed E-state index contributed by atoms with van der Waals surface area (Å²) in [5.41, 5.74) is 7.04. The molecule has 0 bridgehead atoms. The first kappa shape index (κ1) is 22.2. The highest BCUT2D eigenvalue weighted by Gasteiger charge is 2.25. The Morgan fingerprint density at radius 3 is 2.61 bits per heavy atom. The predicted molar refractivity (Wildman–Crippen MR) is 138 cm³/mol. The molecule has 1 aliphatic rings. The van der Waals surface area contributed by atoms with Crippen LogP contribution >= 0.6 is 0 Å². The van der Waals surface area contributed by atoms with Crippen LogP contribution in [0.25, 0.3) is 39.2 Å². The third kappa shape index (κ3) is 3.75. The molecule has 0 radical (unpaired) electrons. The van der Waals surface area contributed by atoms with E-state index in [0.717, 1.165) is 69.1 Å². The van der Waals surface area contributed by atoms with E-state index in [4.69, 9.17) is 14.5 Å². The van der Waals surface area contributed by atoms with Crippen LogP contribution in [0.3, 0.4) is 0 Å². The first-order valence-electron chi connectivity index (χ1n) is 12.1. The molecule has 1 atom stereocenters. The van der Waals surface area contributed by atoms with E-state index in [0.29, 0.717) is 12.4 Å². The Bertz CT molecular complexity index is 1580. The van der Waals surface area contributed by atoms with Gasteiger partial charge < -0.3 is 14.4 Å². The quantitative estimate of drug-likeness (QED) is 0.351. The number of Topliss-reactive ketones (excluding diaryl/α,β-unsaturated/α-hetero) is 1. The fourth-order valence-electron chi connectivity index (χ4n) is 4.97. The summed E-state index contributed by atoms with van der Waals surface area (Å²) in [4.78, 5) is 26.6. The van der Waals surface area contributed by atoms with Crippen molar-refractivity contribution < 1.29 is 9.32 Å². The van der Waals surface area contributed by atoms with Gasteiger partial charge in [-0.05, 0) is 63.4 Å². The molecule has 1 saturated carbocycles. The summed E-state index contributed by atoms with van der Waals surface area (Å²) in [7, 11) is 0. The van der Waals surface area contributed by atoms with Gasteiger partial charge in [0, 0.05) is 35.5 Å². The topological polar surface area (TPSA) is 98.7 Å².